The topological polar surface area (TPSA) is 67.4 Å². The summed E-state index contributed by atoms with van der Waals surface area (Å²) in [5.74, 6) is 0.162. The molecule has 5 nitrogen and oxygen atoms in total. The van der Waals surface area contributed by atoms with Gasteiger partial charge in [-0.05, 0) is 37.1 Å². The van der Waals surface area contributed by atoms with Gasteiger partial charge in [0.2, 0.25) is 0 Å². The smallest absolute Gasteiger partial charge is 0.262 e. The van der Waals surface area contributed by atoms with E-state index in [9.17, 15) is 9.59 Å². The van der Waals surface area contributed by atoms with Crippen molar-refractivity contribution in [2.45, 2.75) is 18.9 Å². The molecule has 0 heterocycles. The van der Waals surface area contributed by atoms with Crippen LogP contribution in [0.3, 0.4) is 0 Å². The predicted octanol–water partition coefficient (Wildman–Crippen LogP) is 2.60. The zero-order chi connectivity index (χ0) is 16.1. The van der Waals surface area contributed by atoms with Gasteiger partial charge in [0.05, 0.1) is 11.3 Å². The average molecular weight is 310 g/mol. The zero-order valence-corrected chi connectivity index (χ0v) is 12.6. The summed E-state index contributed by atoms with van der Waals surface area (Å²) in [6, 6.07) is 16.4. The van der Waals surface area contributed by atoms with Crippen molar-refractivity contribution in [3.05, 3.63) is 60.2 Å². The monoisotopic (exact) mass is 310 g/mol. The quantitative estimate of drug-likeness (QED) is 0.862. The van der Waals surface area contributed by atoms with Crippen molar-refractivity contribution in [2.24, 2.45) is 0 Å². The molecule has 0 aromatic heterocycles. The Morgan fingerprint density at radius 3 is 2.43 bits per heavy atom. The first kappa shape index (κ1) is 15.1. The lowest BCUT2D eigenvalue weighted by Crippen LogP contribution is -2.27. The molecule has 3 rings (SSSR count). The third-order valence-corrected chi connectivity index (χ3v) is 3.47. The molecule has 0 aliphatic heterocycles. The van der Waals surface area contributed by atoms with Gasteiger partial charge in [-0.25, -0.2) is 0 Å². The van der Waals surface area contributed by atoms with Crippen molar-refractivity contribution in [3.63, 3.8) is 0 Å². The maximum atomic E-state index is 12.2. The average Bonchev–Trinajstić information content (AvgIpc) is 3.38. The van der Waals surface area contributed by atoms with Crippen LogP contribution in [0.2, 0.25) is 0 Å². The van der Waals surface area contributed by atoms with Gasteiger partial charge in [-0.3, -0.25) is 9.59 Å². The van der Waals surface area contributed by atoms with E-state index in [2.05, 4.69) is 10.6 Å². The van der Waals surface area contributed by atoms with Crippen molar-refractivity contribution >= 4 is 17.5 Å². The summed E-state index contributed by atoms with van der Waals surface area (Å²) in [6.45, 7) is -0.109. The number of benzene rings is 2. The number of hydrogen-bond donors (Lipinski definition) is 2. The van der Waals surface area contributed by atoms with Crippen LogP contribution in [-0.2, 0) is 4.79 Å². The fourth-order valence-corrected chi connectivity index (χ4v) is 2.13. The number of carbonyl (C=O) groups is 2. The van der Waals surface area contributed by atoms with Gasteiger partial charge in [-0.1, -0.05) is 30.3 Å². The Balaban J connectivity index is 1.60. The lowest BCUT2D eigenvalue weighted by atomic mass is 10.1. The van der Waals surface area contributed by atoms with Crippen LogP contribution < -0.4 is 15.4 Å². The van der Waals surface area contributed by atoms with Crippen molar-refractivity contribution in [2.75, 3.05) is 11.9 Å². The van der Waals surface area contributed by atoms with Crippen LogP contribution in [0.4, 0.5) is 5.69 Å². The summed E-state index contributed by atoms with van der Waals surface area (Å²) in [5, 5.41) is 5.65. The van der Waals surface area contributed by atoms with E-state index in [1.165, 1.54) is 0 Å². The first-order valence-corrected chi connectivity index (χ1v) is 7.60. The minimum Gasteiger partial charge on any atom is -0.484 e. The summed E-state index contributed by atoms with van der Waals surface area (Å²) in [4.78, 5) is 24.2. The summed E-state index contributed by atoms with van der Waals surface area (Å²) >= 11 is 0. The van der Waals surface area contributed by atoms with Crippen molar-refractivity contribution in [1.29, 1.82) is 0 Å². The molecule has 0 radical (unpaired) electrons. The van der Waals surface area contributed by atoms with Gasteiger partial charge in [0, 0.05) is 6.04 Å². The van der Waals surface area contributed by atoms with E-state index in [1.807, 2.05) is 18.2 Å². The zero-order valence-electron chi connectivity index (χ0n) is 12.6. The van der Waals surface area contributed by atoms with E-state index in [-0.39, 0.29) is 24.5 Å². The SMILES string of the molecule is O=C(COc1ccccc1)Nc1ccccc1C(=O)NC1CC1. The van der Waals surface area contributed by atoms with E-state index in [0.29, 0.717) is 17.0 Å². The van der Waals surface area contributed by atoms with E-state index in [4.69, 9.17) is 4.74 Å². The van der Waals surface area contributed by atoms with Gasteiger partial charge in [0.15, 0.2) is 6.61 Å². The van der Waals surface area contributed by atoms with Crippen LogP contribution in [0.1, 0.15) is 23.2 Å². The van der Waals surface area contributed by atoms with Crippen LogP contribution in [0.25, 0.3) is 0 Å². The van der Waals surface area contributed by atoms with Crippen LogP contribution >= 0.6 is 0 Å². The Hall–Kier alpha value is -2.82. The Morgan fingerprint density at radius 1 is 1.00 bits per heavy atom. The maximum Gasteiger partial charge on any atom is 0.262 e. The second-order valence-electron chi connectivity index (χ2n) is 5.44. The highest BCUT2D eigenvalue weighted by atomic mass is 16.5. The van der Waals surface area contributed by atoms with Crippen molar-refractivity contribution in [1.82, 2.24) is 5.32 Å². The first-order valence-electron chi connectivity index (χ1n) is 7.60. The standard InChI is InChI=1S/C18H18N2O3/c21-17(12-23-14-6-2-1-3-7-14)20-16-9-5-4-8-15(16)18(22)19-13-10-11-13/h1-9,13H,10-12H2,(H,19,22)(H,20,21). The normalized spacial score (nSPS) is 13.2. The molecule has 1 aliphatic carbocycles. The molecule has 2 N–H and O–H groups in total. The Morgan fingerprint density at radius 2 is 1.70 bits per heavy atom. The maximum absolute atomic E-state index is 12.2. The Bertz CT molecular complexity index is 696. The third-order valence-electron chi connectivity index (χ3n) is 3.47. The first-order chi connectivity index (χ1) is 11.2. The molecule has 0 saturated heterocycles. The molecule has 1 aliphatic rings. The molecule has 1 saturated carbocycles. The predicted molar refractivity (Wildman–Crippen MR) is 87.5 cm³/mol. The minimum absolute atomic E-state index is 0.109. The molecule has 118 valence electrons. The Kier molecular flexibility index (Phi) is 4.57. The molecule has 2 aromatic rings. The molecule has 1 fully saturated rings. The highest BCUT2D eigenvalue weighted by Crippen LogP contribution is 2.21. The molecular formula is C18H18N2O3. The second-order valence-corrected chi connectivity index (χ2v) is 5.44. The van der Waals surface area contributed by atoms with E-state index >= 15 is 0 Å². The summed E-state index contributed by atoms with van der Waals surface area (Å²) < 4.78 is 5.40. The van der Waals surface area contributed by atoms with E-state index in [1.54, 1.807) is 36.4 Å². The van der Waals surface area contributed by atoms with Gasteiger partial charge in [0.25, 0.3) is 11.8 Å². The molecule has 0 atom stereocenters. The highest BCUT2D eigenvalue weighted by Gasteiger charge is 2.24. The number of para-hydroxylation sites is 2. The Labute approximate surface area is 134 Å². The molecular weight excluding hydrogens is 292 g/mol. The van der Waals surface area contributed by atoms with Crippen LogP contribution in [0.5, 0.6) is 5.75 Å². The summed E-state index contributed by atoms with van der Waals surface area (Å²) in [6.07, 6.45) is 2.04. The number of anilines is 1. The van der Waals surface area contributed by atoms with Gasteiger partial charge >= 0.3 is 0 Å². The molecule has 23 heavy (non-hydrogen) atoms. The van der Waals surface area contributed by atoms with E-state index < -0.39 is 0 Å². The number of nitrogens with one attached hydrogen (secondary N) is 2. The molecule has 2 aromatic carbocycles. The molecule has 0 unspecified atom stereocenters. The van der Waals surface area contributed by atoms with Crippen molar-refractivity contribution < 1.29 is 14.3 Å². The summed E-state index contributed by atoms with van der Waals surface area (Å²) in [5.41, 5.74) is 0.958. The van der Waals surface area contributed by atoms with Gasteiger partial charge in [-0.2, -0.15) is 0 Å². The number of hydrogen-bond acceptors (Lipinski definition) is 3. The second kappa shape index (κ2) is 6.96. The lowest BCUT2D eigenvalue weighted by Gasteiger charge is -2.11. The largest absolute Gasteiger partial charge is 0.484 e. The van der Waals surface area contributed by atoms with E-state index in [0.717, 1.165) is 12.8 Å². The minimum atomic E-state index is -0.305. The molecule has 5 heteroatoms. The number of amides is 2. The number of ether oxygens (including phenoxy) is 1. The van der Waals surface area contributed by atoms with Gasteiger partial charge < -0.3 is 15.4 Å². The lowest BCUT2D eigenvalue weighted by molar-refractivity contribution is -0.118. The number of carbonyl (C=O) groups excluding carboxylic acids is 2. The van der Waals surface area contributed by atoms with Gasteiger partial charge in [-0.15, -0.1) is 0 Å². The van der Waals surface area contributed by atoms with Crippen LogP contribution in [-0.4, -0.2) is 24.5 Å². The molecule has 0 bridgehead atoms. The number of rotatable bonds is 6. The fraction of sp³-hybridized carbons (Fsp3) is 0.222. The fourth-order valence-electron chi connectivity index (χ4n) is 2.13. The molecule has 2 amide bonds. The molecule has 0 spiro atoms. The van der Waals surface area contributed by atoms with Gasteiger partial charge in [0.1, 0.15) is 5.75 Å². The van der Waals surface area contributed by atoms with Crippen LogP contribution in [0.15, 0.2) is 54.6 Å². The van der Waals surface area contributed by atoms with Crippen LogP contribution in [0, 0.1) is 0 Å². The summed E-state index contributed by atoms with van der Waals surface area (Å²) in [7, 11) is 0. The third kappa shape index (κ3) is 4.32. The highest BCUT2D eigenvalue weighted by molar-refractivity contribution is 6.04. The van der Waals surface area contributed by atoms with Crippen molar-refractivity contribution in [3.8, 4) is 5.75 Å².